The number of sulfonamides is 1. The van der Waals surface area contributed by atoms with Crippen LogP contribution in [0.4, 0.5) is 9.57 Å². The molecule has 33 heavy (non-hydrogen) atoms. The van der Waals surface area contributed by atoms with E-state index in [0.29, 0.717) is 11.2 Å². The van der Waals surface area contributed by atoms with Crippen LogP contribution in [0.15, 0.2) is 93.8 Å². The number of hydrogen-bond donors (Lipinski definition) is 2. The summed E-state index contributed by atoms with van der Waals surface area (Å²) in [4.78, 5) is 1.51. The number of fused-ring (bicyclic) bond motifs is 1. The lowest BCUT2D eigenvalue weighted by Gasteiger charge is -2.14. The fourth-order valence-electron chi connectivity index (χ4n) is 3.42. The number of nitrogens with two attached hydrogens (primary N) is 1. The van der Waals surface area contributed by atoms with Gasteiger partial charge in [0.1, 0.15) is 0 Å². The third-order valence-electron chi connectivity index (χ3n) is 5.05. The molecule has 3 aromatic carbocycles. The van der Waals surface area contributed by atoms with Crippen molar-refractivity contribution in [1.29, 1.82) is 0 Å². The van der Waals surface area contributed by atoms with Gasteiger partial charge in [0.2, 0.25) is 0 Å². The number of pyridine rings is 1. The first kappa shape index (κ1) is 22.5. The number of nitrogen functional groups attached to an aromatic ring is 1. The topological polar surface area (TPSA) is 124 Å². The molecule has 4 aromatic rings. The summed E-state index contributed by atoms with van der Waals surface area (Å²) < 4.78 is 63.8. The molecular formula is C22H19FN4O4S2. The van der Waals surface area contributed by atoms with E-state index in [1.165, 1.54) is 24.3 Å². The Kier molecular flexibility index (Phi) is 5.68. The summed E-state index contributed by atoms with van der Waals surface area (Å²) in [5, 5.41) is 4.41. The molecule has 4 rings (SSSR count). The van der Waals surface area contributed by atoms with Crippen molar-refractivity contribution in [3.63, 3.8) is 0 Å². The van der Waals surface area contributed by atoms with Gasteiger partial charge in [0.25, 0.3) is 10.0 Å². The fourth-order valence-corrected chi connectivity index (χ4v) is 4.78. The van der Waals surface area contributed by atoms with Gasteiger partial charge in [0.15, 0.2) is 0 Å². The second-order valence-corrected chi connectivity index (χ2v) is 10.2. The molecule has 0 aliphatic carbocycles. The Hall–Kier alpha value is -3.70. The standard InChI is InChI=1S/C22H19FN4O4S2/c1-27-21-11-10-17(32(23,28)29)13-19(21)20(14-22(27)15-6-3-2-4-7-15)25-26-33(30,31)18-9-5-8-16(24)12-18/h2-14,26H,24H2,1H3/b25-20-. The average Bonchev–Trinajstić information content (AvgIpc) is 2.78. The predicted octanol–water partition coefficient (Wildman–Crippen LogP) is 2.88. The zero-order chi connectivity index (χ0) is 23.8. The number of rotatable bonds is 5. The molecule has 170 valence electrons. The summed E-state index contributed by atoms with van der Waals surface area (Å²) in [6, 6.07) is 20.3. The maximum Gasteiger partial charge on any atom is 0.332 e. The highest BCUT2D eigenvalue weighted by Crippen LogP contribution is 2.24. The molecule has 11 heteroatoms. The van der Waals surface area contributed by atoms with Gasteiger partial charge in [-0.3, -0.25) is 0 Å². The van der Waals surface area contributed by atoms with Crippen LogP contribution in [-0.4, -0.2) is 21.4 Å². The Bertz CT molecular complexity index is 1650. The number of aromatic nitrogens is 1. The summed E-state index contributed by atoms with van der Waals surface area (Å²) in [6.07, 6.45) is 0. The van der Waals surface area contributed by atoms with Gasteiger partial charge in [-0.1, -0.05) is 36.4 Å². The van der Waals surface area contributed by atoms with Crippen molar-refractivity contribution in [2.45, 2.75) is 9.79 Å². The molecule has 0 bridgehead atoms. The van der Waals surface area contributed by atoms with Crippen LogP contribution < -0.4 is 15.9 Å². The molecule has 3 N–H and O–H groups in total. The number of halogens is 1. The molecule has 8 nitrogen and oxygen atoms in total. The van der Waals surface area contributed by atoms with Crippen molar-refractivity contribution in [2.24, 2.45) is 12.1 Å². The second kappa shape index (κ2) is 8.34. The van der Waals surface area contributed by atoms with E-state index in [4.69, 9.17) is 5.73 Å². The van der Waals surface area contributed by atoms with Crippen LogP contribution in [0.5, 0.6) is 0 Å². The molecule has 0 aliphatic rings. The molecule has 0 fully saturated rings. The zero-order valence-corrected chi connectivity index (χ0v) is 18.9. The summed E-state index contributed by atoms with van der Waals surface area (Å²) in [5.74, 6) is 0. The van der Waals surface area contributed by atoms with Gasteiger partial charge >= 0.3 is 10.2 Å². The van der Waals surface area contributed by atoms with Crippen LogP contribution in [0.3, 0.4) is 0 Å². The van der Waals surface area contributed by atoms with Crippen molar-refractivity contribution in [3.8, 4) is 11.3 Å². The summed E-state index contributed by atoms with van der Waals surface area (Å²) in [6.45, 7) is 0. The minimum absolute atomic E-state index is 0.0904. The Morgan fingerprint density at radius 1 is 0.879 bits per heavy atom. The van der Waals surface area contributed by atoms with Crippen LogP contribution in [0.25, 0.3) is 22.2 Å². The monoisotopic (exact) mass is 486 g/mol. The van der Waals surface area contributed by atoms with Crippen LogP contribution in [0.2, 0.25) is 0 Å². The number of benzene rings is 3. The smallest absolute Gasteiger partial charge is 0.332 e. The number of hydrogen-bond acceptors (Lipinski definition) is 6. The molecule has 0 saturated heterocycles. The first-order valence-corrected chi connectivity index (χ1v) is 12.5. The van der Waals surface area contributed by atoms with Gasteiger partial charge in [-0.15, -0.1) is 3.89 Å². The van der Waals surface area contributed by atoms with Crippen molar-refractivity contribution in [2.75, 3.05) is 5.73 Å². The van der Waals surface area contributed by atoms with Crippen molar-refractivity contribution >= 4 is 36.8 Å². The molecule has 0 atom stereocenters. The number of nitrogens with one attached hydrogen (secondary N) is 1. The summed E-state index contributed by atoms with van der Waals surface area (Å²) in [7, 11) is -7.29. The van der Waals surface area contributed by atoms with E-state index < -0.39 is 25.1 Å². The number of anilines is 1. The van der Waals surface area contributed by atoms with Gasteiger partial charge < -0.3 is 10.3 Å². The van der Waals surface area contributed by atoms with Crippen LogP contribution in [0, 0.1) is 0 Å². The van der Waals surface area contributed by atoms with E-state index in [2.05, 4.69) is 9.93 Å². The molecule has 0 saturated carbocycles. The molecule has 0 aliphatic heterocycles. The lowest BCUT2D eigenvalue weighted by molar-refractivity contribution is 0.552. The predicted molar refractivity (Wildman–Crippen MR) is 123 cm³/mol. The van der Waals surface area contributed by atoms with E-state index in [1.807, 2.05) is 30.3 Å². The Morgan fingerprint density at radius 3 is 2.27 bits per heavy atom. The van der Waals surface area contributed by atoms with E-state index in [0.717, 1.165) is 17.7 Å². The quantitative estimate of drug-likeness (QED) is 0.255. The maximum atomic E-state index is 13.7. The molecular weight excluding hydrogens is 467 g/mol. The van der Waals surface area contributed by atoms with Crippen LogP contribution in [-0.2, 0) is 27.3 Å². The van der Waals surface area contributed by atoms with E-state index in [-0.39, 0.29) is 21.3 Å². The van der Waals surface area contributed by atoms with Gasteiger partial charge in [0, 0.05) is 18.1 Å². The zero-order valence-electron chi connectivity index (χ0n) is 17.3. The number of nitrogens with zero attached hydrogens (tertiary/aromatic N) is 2. The molecule has 0 radical (unpaired) electrons. The molecule has 1 aromatic heterocycles. The van der Waals surface area contributed by atoms with E-state index in [1.54, 1.807) is 23.7 Å². The largest absolute Gasteiger partial charge is 0.399 e. The molecule has 0 amide bonds. The normalized spacial score (nSPS) is 12.7. The summed E-state index contributed by atoms with van der Waals surface area (Å²) in [5.41, 5.74) is 7.96. The van der Waals surface area contributed by atoms with Gasteiger partial charge in [-0.05, 0) is 48.0 Å². The first-order valence-electron chi connectivity index (χ1n) is 9.61. The Morgan fingerprint density at radius 2 is 1.61 bits per heavy atom. The Balaban J connectivity index is 1.97. The van der Waals surface area contributed by atoms with Gasteiger partial charge in [0.05, 0.1) is 26.4 Å². The number of aryl methyl sites for hydroxylation is 1. The third kappa shape index (κ3) is 4.59. The first-order chi connectivity index (χ1) is 15.6. The van der Waals surface area contributed by atoms with Crippen LogP contribution >= 0.6 is 0 Å². The lowest BCUT2D eigenvalue weighted by atomic mass is 10.1. The van der Waals surface area contributed by atoms with Gasteiger partial charge in [-0.2, -0.15) is 26.8 Å². The minimum Gasteiger partial charge on any atom is -0.399 e. The van der Waals surface area contributed by atoms with Crippen LogP contribution in [0.1, 0.15) is 0 Å². The van der Waals surface area contributed by atoms with Crippen molar-refractivity contribution in [3.05, 3.63) is 84.2 Å². The van der Waals surface area contributed by atoms with Crippen molar-refractivity contribution < 1.29 is 20.7 Å². The molecule has 0 spiro atoms. The molecule has 0 unspecified atom stereocenters. The average molecular weight is 487 g/mol. The second-order valence-electron chi connectivity index (χ2n) is 7.24. The SMILES string of the molecule is Cn1c(-c2ccccc2)c/c(=N/NS(=O)(=O)c2cccc(N)c2)c2cc(S(=O)(=O)F)ccc21. The van der Waals surface area contributed by atoms with E-state index >= 15 is 0 Å². The van der Waals surface area contributed by atoms with Gasteiger partial charge in [-0.25, -0.2) is 0 Å². The highest BCUT2D eigenvalue weighted by molar-refractivity contribution is 7.89. The summed E-state index contributed by atoms with van der Waals surface area (Å²) >= 11 is 0. The highest BCUT2D eigenvalue weighted by Gasteiger charge is 2.17. The highest BCUT2D eigenvalue weighted by atomic mass is 32.3. The van der Waals surface area contributed by atoms with Crippen molar-refractivity contribution in [1.82, 2.24) is 9.40 Å². The fraction of sp³-hybridized carbons (Fsp3) is 0.0455. The minimum atomic E-state index is -4.98. The Labute approximate surface area is 190 Å². The molecule has 1 heterocycles. The maximum absolute atomic E-state index is 13.7. The third-order valence-corrected chi connectivity index (χ3v) is 7.07. The lowest BCUT2D eigenvalue weighted by Crippen LogP contribution is -2.23. The van der Waals surface area contributed by atoms with E-state index in [9.17, 15) is 20.7 Å².